The molecular formula is C22H19F2N3O5. The molecule has 0 bridgehead atoms. The number of ether oxygens (including phenoxy) is 1. The van der Waals surface area contributed by atoms with Gasteiger partial charge in [0, 0.05) is 11.8 Å². The molecule has 1 fully saturated rings. The van der Waals surface area contributed by atoms with E-state index in [0.29, 0.717) is 10.3 Å². The second-order valence-corrected chi connectivity index (χ2v) is 7.31. The van der Waals surface area contributed by atoms with E-state index in [0.717, 1.165) is 11.8 Å². The fourth-order valence-corrected chi connectivity index (χ4v) is 3.46. The lowest BCUT2D eigenvalue weighted by molar-refractivity contribution is -0.141. The maximum Gasteiger partial charge on any atom is 0.350 e. The van der Waals surface area contributed by atoms with Crippen LogP contribution in [0.15, 0.2) is 65.6 Å². The predicted octanol–water partition coefficient (Wildman–Crippen LogP) is 1.62. The summed E-state index contributed by atoms with van der Waals surface area (Å²) >= 11 is 0. The van der Waals surface area contributed by atoms with Crippen molar-refractivity contribution in [1.29, 1.82) is 0 Å². The number of hydrogen-bond donors (Lipinski definition) is 2. The summed E-state index contributed by atoms with van der Waals surface area (Å²) in [5.41, 5.74) is 0.624. The van der Waals surface area contributed by atoms with Crippen LogP contribution in [-0.4, -0.2) is 55.3 Å². The van der Waals surface area contributed by atoms with Crippen LogP contribution in [0.5, 0.6) is 0 Å². The molecule has 0 amide bonds. The Bertz CT molecular complexity index is 1190. The number of aromatic nitrogens is 3. The SMILES string of the molecule is O=C(Cc1ccn([C@@H]2O[C@H](CO)[C@@H](O)C2(F)F)c(=O)n1)c1cccc(-c2ccccc2)n1. The van der Waals surface area contributed by atoms with Crippen LogP contribution in [0.2, 0.25) is 0 Å². The van der Waals surface area contributed by atoms with E-state index < -0.39 is 42.4 Å². The Kier molecular flexibility index (Phi) is 5.92. The molecule has 2 N–H and O–H groups in total. The summed E-state index contributed by atoms with van der Waals surface area (Å²) in [5.74, 6) is -4.21. The number of aliphatic hydroxyl groups excluding tert-OH is 2. The van der Waals surface area contributed by atoms with E-state index in [1.54, 1.807) is 18.2 Å². The number of carbonyl (C=O) groups is 1. The van der Waals surface area contributed by atoms with Gasteiger partial charge in [0.1, 0.15) is 11.8 Å². The van der Waals surface area contributed by atoms with Crippen molar-refractivity contribution in [2.75, 3.05) is 6.61 Å². The maximum atomic E-state index is 14.3. The molecule has 0 radical (unpaired) electrons. The number of pyridine rings is 1. The maximum absolute atomic E-state index is 14.3. The zero-order chi connectivity index (χ0) is 22.9. The first-order valence-electron chi connectivity index (χ1n) is 9.77. The van der Waals surface area contributed by atoms with Crippen molar-refractivity contribution in [3.05, 3.63) is 82.7 Å². The number of alkyl halides is 2. The van der Waals surface area contributed by atoms with E-state index in [1.165, 1.54) is 6.07 Å². The van der Waals surface area contributed by atoms with Gasteiger partial charge < -0.3 is 14.9 Å². The third-order valence-corrected chi connectivity index (χ3v) is 5.15. The second-order valence-electron chi connectivity index (χ2n) is 7.31. The van der Waals surface area contributed by atoms with Gasteiger partial charge in [-0.15, -0.1) is 0 Å². The number of ketones is 1. The van der Waals surface area contributed by atoms with Gasteiger partial charge in [0.05, 0.1) is 24.4 Å². The Hall–Kier alpha value is -3.34. The molecule has 166 valence electrons. The summed E-state index contributed by atoms with van der Waals surface area (Å²) in [6, 6.07) is 15.5. The van der Waals surface area contributed by atoms with Gasteiger partial charge in [0.2, 0.25) is 6.23 Å². The molecule has 1 saturated heterocycles. The molecule has 1 aliphatic heterocycles. The highest BCUT2D eigenvalue weighted by molar-refractivity contribution is 5.96. The van der Waals surface area contributed by atoms with Crippen LogP contribution in [0.1, 0.15) is 22.4 Å². The predicted molar refractivity (Wildman–Crippen MR) is 108 cm³/mol. The molecule has 8 nitrogen and oxygen atoms in total. The van der Waals surface area contributed by atoms with Crippen LogP contribution in [0.3, 0.4) is 0 Å². The summed E-state index contributed by atoms with van der Waals surface area (Å²) in [4.78, 5) is 33.1. The topological polar surface area (TPSA) is 115 Å². The first-order valence-corrected chi connectivity index (χ1v) is 9.77. The molecule has 0 saturated carbocycles. The molecule has 10 heteroatoms. The van der Waals surface area contributed by atoms with Gasteiger partial charge in [0.15, 0.2) is 11.9 Å². The number of nitrogens with zero attached hydrogens (tertiary/aromatic N) is 3. The molecule has 4 rings (SSSR count). The minimum atomic E-state index is -3.81. The number of Topliss-reactive ketones (excluding diaryl/α,β-unsaturated/α-hetero) is 1. The molecule has 3 atom stereocenters. The quantitative estimate of drug-likeness (QED) is 0.557. The van der Waals surface area contributed by atoms with Crippen LogP contribution in [0.4, 0.5) is 8.78 Å². The number of carbonyl (C=O) groups excluding carboxylic acids is 1. The van der Waals surface area contributed by atoms with Gasteiger partial charge in [-0.1, -0.05) is 36.4 Å². The Morgan fingerprint density at radius 3 is 2.50 bits per heavy atom. The molecule has 1 aromatic carbocycles. The Morgan fingerprint density at radius 2 is 1.84 bits per heavy atom. The summed E-state index contributed by atoms with van der Waals surface area (Å²) < 4.78 is 34.0. The number of aliphatic hydroxyl groups is 2. The van der Waals surface area contributed by atoms with Gasteiger partial charge in [-0.05, 0) is 18.2 Å². The summed E-state index contributed by atoms with van der Waals surface area (Å²) in [7, 11) is 0. The minimum Gasteiger partial charge on any atom is -0.394 e. The van der Waals surface area contributed by atoms with Crippen molar-refractivity contribution >= 4 is 5.78 Å². The Balaban J connectivity index is 1.54. The molecular weight excluding hydrogens is 424 g/mol. The minimum absolute atomic E-state index is 0.0729. The highest BCUT2D eigenvalue weighted by Gasteiger charge is 2.59. The van der Waals surface area contributed by atoms with Crippen molar-refractivity contribution in [2.24, 2.45) is 0 Å². The fraction of sp³-hybridized carbons (Fsp3) is 0.273. The average Bonchev–Trinajstić information content (AvgIpc) is 3.03. The molecule has 0 spiro atoms. The Labute approximate surface area is 180 Å². The van der Waals surface area contributed by atoms with E-state index in [4.69, 9.17) is 9.84 Å². The van der Waals surface area contributed by atoms with E-state index in [1.807, 2.05) is 30.3 Å². The van der Waals surface area contributed by atoms with Crippen molar-refractivity contribution in [1.82, 2.24) is 14.5 Å². The highest BCUT2D eigenvalue weighted by Crippen LogP contribution is 2.41. The van der Waals surface area contributed by atoms with E-state index in [-0.39, 0.29) is 17.8 Å². The molecule has 0 aliphatic carbocycles. The zero-order valence-electron chi connectivity index (χ0n) is 16.6. The van der Waals surface area contributed by atoms with Gasteiger partial charge in [-0.25, -0.2) is 9.78 Å². The van der Waals surface area contributed by atoms with Gasteiger partial charge in [0.25, 0.3) is 0 Å². The lowest BCUT2D eigenvalue weighted by atomic mass is 10.1. The molecule has 3 heterocycles. The number of halogens is 2. The second kappa shape index (κ2) is 8.65. The van der Waals surface area contributed by atoms with Crippen LogP contribution in [0.25, 0.3) is 11.3 Å². The average molecular weight is 443 g/mol. The van der Waals surface area contributed by atoms with Crippen LogP contribution in [0, 0.1) is 0 Å². The summed E-state index contributed by atoms with van der Waals surface area (Å²) in [5, 5.41) is 18.7. The molecule has 32 heavy (non-hydrogen) atoms. The van der Waals surface area contributed by atoms with Crippen molar-refractivity contribution in [2.45, 2.75) is 30.8 Å². The smallest absolute Gasteiger partial charge is 0.350 e. The molecule has 1 aliphatic rings. The normalized spacial score (nSPS) is 22.1. The number of benzene rings is 1. The number of hydrogen-bond acceptors (Lipinski definition) is 7. The van der Waals surface area contributed by atoms with Crippen molar-refractivity contribution < 1.29 is 28.5 Å². The first-order chi connectivity index (χ1) is 15.3. The lowest BCUT2D eigenvalue weighted by Gasteiger charge is -2.21. The summed E-state index contributed by atoms with van der Waals surface area (Å²) in [6.45, 7) is -0.836. The molecule has 0 unspecified atom stereocenters. The fourth-order valence-electron chi connectivity index (χ4n) is 3.46. The molecule has 2 aromatic heterocycles. The first kappa shape index (κ1) is 21.9. The Morgan fingerprint density at radius 1 is 1.09 bits per heavy atom. The molecule has 3 aromatic rings. The van der Waals surface area contributed by atoms with Crippen molar-refractivity contribution in [3.8, 4) is 11.3 Å². The highest BCUT2D eigenvalue weighted by atomic mass is 19.3. The van der Waals surface area contributed by atoms with E-state index >= 15 is 0 Å². The standard InChI is InChI=1S/C22H19F2N3O5/c23-22(24)19(30)18(12-28)32-20(22)27-10-9-14(25-21(27)31)11-17(29)16-8-4-7-15(26-16)13-5-2-1-3-6-13/h1-10,18-20,28,30H,11-12H2/t18-,19-,20-/m1/s1. The number of rotatable bonds is 6. The monoisotopic (exact) mass is 443 g/mol. The van der Waals surface area contributed by atoms with E-state index in [2.05, 4.69) is 9.97 Å². The third-order valence-electron chi connectivity index (χ3n) is 5.15. The third kappa shape index (κ3) is 4.07. The van der Waals surface area contributed by atoms with E-state index in [9.17, 15) is 23.5 Å². The van der Waals surface area contributed by atoms with Gasteiger partial charge in [-0.2, -0.15) is 13.8 Å². The zero-order valence-corrected chi connectivity index (χ0v) is 16.6. The lowest BCUT2D eigenvalue weighted by Crippen LogP contribution is -2.41. The summed E-state index contributed by atoms with van der Waals surface area (Å²) in [6.07, 6.45) is -5.16. The van der Waals surface area contributed by atoms with Gasteiger partial charge >= 0.3 is 11.6 Å². The van der Waals surface area contributed by atoms with Gasteiger partial charge in [-0.3, -0.25) is 9.36 Å². The van der Waals surface area contributed by atoms with Crippen LogP contribution >= 0.6 is 0 Å². The van der Waals surface area contributed by atoms with Crippen molar-refractivity contribution in [3.63, 3.8) is 0 Å². The largest absolute Gasteiger partial charge is 0.394 e. The van der Waals surface area contributed by atoms with Crippen LogP contribution < -0.4 is 5.69 Å². The van der Waals surface area contributed by atoms with Crippen LogP contribution in [-0.2, 0) is 11.2 Å².